The molecule has 0 bridgehead atoms. The molecule has 132 valence electrons. The van der Waals surface area contributed by atoms with Crippen LogP contribution < -0.4 is 10.6 Å². The zero-order valence-corrected chi connectivity index (χ0v) is 15.1. The summed E-state index contributed by atoms with van der Waals surface area (Å²) in [6, 6.07) is 9.80. The summed E-state index contributed by atoms with van der Waals surface area (Å²) in [6.45, 7) is 4.31. The van der Waals surface area contributed by atoms with Gasteiger partial charge in [0.2, 0.25) is 0 Å². The van der Waals surface area contributed by atoms with Crippen LogP contribution >= 0.6 is 0 Å². The normalized spacial score (nSPS) is 11.6. The Morgan fingerprint density at radius 1 is 1.08 bits per heavy atom. The third-order valence-corrected chi connectivity index (χ3v) is 4.03. The van der Waals surface area contributed by atoms with Crippen molar-refractivity contribution >= 4 is 34.5 Å². The lowest BCUT2D eigenvalue weighted by Gasteiger charge is -2.10. The quantitative estimate of drug-likeness (QED) is 0.585. The molecule has 0 spiro atoms. The Bertz CT molecular complexity index is 961. The summed E-state index contributed by atoms with van der Waals surface area (Å²) in [6.07, 6.45) is 6.61. The minimum Gasteiger partial charge on any atom is -0.393 e. The number of nitrogens with one attached hydrogen (secondary N) is 3. The summed E-state index contributed by atoms with van der Waals surface area (Å²) in [7, 11) is 1.80. The molecule has 3 N–H and O–H groups in total. The monoisotopic (exact) mass is 346 g/mol. The van der Waals surface area contributed by atoms with E-state index in [-0.39, 0.29) is 0 Å². The van der Waals surface area contributed by atoms with Crippen LogP contribution in [-0.2, 0) is 0 Å². The Morgan fingerprint density at radius 2 is 1.92 bits per heavy atom. The lowest BCUT2D eigenvalue weighted by molar-refractivity contribution is 0.863. The van der Waals surface area contributed by atoms with Crippen molar-refractivity contribution in [1.82, 2.24) is 20.3 Å². The lowest BCUT2D eigenvalue weighted by Crippen LogP contribution is -2.00. The molecular weight excluding hydrogens is 324 g/mol. The highest BCUT2D eigenvalue weighted by Crippen LogP contribution is 2.22. The van der Waals surface area contributed by atoms with Crippen LogP contribution in [0.5, 0.6) is 0 Å². The molecule has 3 aromatic heterocycles. The van der Waals surface area contributed by atoms with Gasteiger partial charge in [-0.15, -0.1) is 0 Å². The molecule has 3 heterocycles. The second kappa shape index (κ2) is 7.74. The van der Waals surface area contributed by atoms with Crippen LogP contribution in [0.3, 0.4) is 0 Å². The number of anilines is 2. The van der Waals surface area contributed by atoms with Crippen molar-refractivity contribution in [2.75, 3.05) is 12.4 Å². The number of hydrogen-bond acceptors (Lipinski definition) is 6. The minimum absolute atomic E-state index is 0.438. The fraction of sp³-hybridized carbons (Fsp3) is 0.200. The van der Waals surface area contributed by atoms with Crippen molar-refractivity contribution in [2.24, 2.45) is 0 Å². The Balaban J connectivity index is 1.94. The predicted octanol–water partition coefficient (Wildman–Crippen LogP) is 4.10. The predicted molar refractivity (Wildman–Crippen MR) is 107 cm³/mol. The van der Waals surface area contributed by atoms with Gasteiger partial charge in [-0.05, 0) is 41.8 Å². The third-order valence-electron chi connectivity index (χ3n) is 4.03. The van der Waals surface area contributed by atoms with Crippen LogP contribution in [0.15, 0.2) is 48.9 Å². The average Bonchev–Trinajstić information content (AvgIpc) is 2.65. The number of fused-ring (bicyclic) bond motifs is 1. The number of aromatic nitrogens is 3. The van der Waals surface area contributed by atoms with Crippen molar-refractivity contribution in [2.45, 2.75) is 19.8 Å². The summed E-state index contributed by atoms with van der Waals surface area (Å²) < 4.78 is 0. The first-order chi connectivity index (χ1) is 12.6. The topological polar surface area (TPSA) is 86.6 Å². The van der Waals surface area contributed by atoms with Crippen molar-refractivity contribution in [3.63, 3.8) is 0 Å². The maximum absolute atomic E-state index is 7.55. The van der Waals surface area contributed by atoms with Crippen LogP contribution in [0.1, 0.15) is 30.9 Å². The number of rotatable bonds is 6. The highest BCUT2D eigenvalue weighted by molar-refractivity contribution is 6.08. The highest BCUT2D eigenvalue weighted by atomic mass is 15.1. The van der Waals surface area contributed by atoms with Crippen LogP contribution in [0.4, 0.5) is 11.6 Å². The molecule has 3 rings (SSSR count). The summed E-state index contributed by atoms with van der Waals surface area (Å²) in [5.74, 6) is 1.91. The van der Waals surface area contributed by atoms with Gasteiger partial charge in [0.05, 0.1) is 11.0 Å². The van der Waals surface area contributed by atoms with E-state index >= 15 is 0 Å². The minimum atomic E-state index is 0.438. The summed E-state index contributed by atoms with van der Waals surface area (Å²) in [5.41, 5.74) is 4.37. The molecule has 0 aliphatic rings. The van der Waals surface area contributed by atoms with Crippen molar-refractivity contribution in [3.05, 3.63) is 60.1 Å². The first kappa shape index (κ1) is 17.5. The van der Waals surface area contributed by atoms with Gasteiger partial charge < -0.3 is 16.0 Å². The van der Waals surface area contributed by atoms with Gasteiger partial charge in [0.1, 0.15) is 11.6 Å². The molecule has 0 saturated carbocycles. The number of allylic oxidation sites excluding steroid dienone is 1. The second-order valence-corrected chi connectivity index (χ2v) is 6.25. The molecule has 0 amide bonds. The van der Waals surface area contributed by atoms with Gasteiger partial charge in [-0.25, -0.2) is 9.97 Å². The van der Waals surface area contributed by atoms with E-state index in [1.165, 1.54) is 11.8 Å². The van der Waals surface area contributed by atoms with Crippen LogP contribution in [0.25, 0.3) is 16.6 Å². The molecule has 0 atom stereocenters. The van der Waals surface area contributed by atoms with Gasteiger partial charge in [0.25, 0.3) is 0 Å². The van der Waals surface area contributed by atoms with Crippen LogP contribution in [0, 0.1) is 5.41 Å². The molecule has 6 heteroatoms. The standard InChI is InChI=1S/C20H22N6/c1-13(2)14-6-7-23-20(9-14)26-19-5-4-17-18(25-19)8-15(12-24-17)16(10-21)11-22-3/h4-13,21-22H,1-3H3,(H,23,25,26)/b16-11+,21-10?. The number of nitrogens with zero attached hydrogens (tertiary/aromatic N) is 3. The van der Waals surface area contributed by atoms with Crippen molar-refractivity contribution in [3.8, 4) is 0 Å². The molecule has 0 aliphatic carbocycles. The van der Waals surface area contributed by atoms with Crippen LogP contribution in [0.2, 0.25) is 0 Å². The van der Waals surface area contributed by atoms with E-state index in [1.54, 1.807) is 25.6 Å². The van der Waals surface area contributed by atoms with Gasteiger partial charge in [-0.2, -0.15) is 0 Å². The first-order valence-corrected chi connectivity index (χ1v) is 8.48. The number of hydrogen-bond donors (Lipinski definition) is 3. The maximum atomic E-state index is 7.55. The molecule has 3 aromatic rings. The first-order valence-electron chi connectivity index (χ1n) is 8.48. The summed E-state index contributed by atoms with van der Waals surface area (Å²) in [5, 5.41) is 13.8. The molecule has 26 heavy (non-hydrogen) atoms. The van der Waals surface area contributed by atoms with Gasteiger partial charge in [0, 0.05) is 43.0 Å². The van der Waals surface area contributed by atoms with Gasteiger partial charge in [0.15, 0.2) is 0 Å². The molecular formula is C20H22N6. The highest BCUT2D eigenvalue weighted by Gasteiger charge is 2.06. The number of pyridine rings is 3. The average molecular weight is 346 g/mol. The molecule has 0 aliphatic heterocycles. The Labute approximate surface area is 152 Å². The fourth-order valence-electron chi connectivity index (χ4n) is 2.60. The van der Waals surface area contributed by atoms with E-state index in [2.05, 4.69) is 39.4 Å². The Hall–Kier alpha value is -3.28. The summed E-state index contributed by atoms with van der Waals surface area (Å²) in [4.78, 5) is 13.5. The largest absolute Gasteiger partial charge is 0.393 e. The van der Waals surface area contributed by atoms with Crippen LogP contribution in [-0.4, -0.2) is 28.2 Å². The summed E-state index contributed by atoms with van der Waals surface area (Å²) >= 11 is 0. The molecule has 0 unspecified atom stereocenters. The molecule has 0 fully saturated rings. The zero-order valence-electron chi connectivity index (χ0n) is 15.1. The van der Waals surface area contributed by atoms with Gasteiger partial charge in [-0.1, -0.05) is 13.8 Å². The van der Waals surface area contributed by atoms with E-state index < -0.39 is 0 Å². The molecule has 0 radical (unpaired) electrons. The van der Waals surface area contributed by atoms with E-state index in [9.17, 15) is 0 Å². The van der Waals surface area contributed by atoms with Gasteiger partial charge in [-0.3, -0.25) is 4.98 Å². The lowest BCUT2D eigenvalue weighted by atomic mass is 10.1. The van der Waals surface area contributed by atoms with Crippen molar-refractivity contribution < 1.29 is 0 Å². The fourth-order valence-corrected chi connectivity index (χ4v) is 2.60. The van der Waals surface area contributed by atoms with E-state index in [0.29, 0.717) is 11.7 Å². The van der Waals surface area contributed by atoms with Gasteiger partial charge >= 0.3 is 0 Å². The van der Waals surface area contributed by atoms with E-state index in [0.717, 1.165) is 28.0 Å². The van der Waals surface area contributed by atoms with Crippen molar-refractivity contribution in [1.29, 1.82) is 5.41 Å². The third kappa shape index (κ3) is 3.85. The molecule has 6 nitrogen and oxygen atoms in total. The Morgan fingerprint density at radius 3 is 2.65 bits per heavy atom. The maximum Gasteiger partial charge on any atom is 0.132 e. The molecule has 0 saturated heterocycles. The SMILES string of the molecule is CN/C=C(\C=N)c1cnc2ccc(Nc3cc(C(C)C)ccn3)nc2c1. The Kier molecular flexibility index (Phi) is 5.22. The van der Waals surface area contributed by atoms with E-state index in [4.69, 9.17) is 5.41 Å². The smallest absolute Gasteiger partial charge is 0.132 e. The zero-order chi connectivity index (χ0) is 18.5. The molecule has 0 aromatic carbocycles. The second-order valence-electron chi connectivity index (χ2n) is 6.25. The van der Waals surface area contributed by atoms with E-state index in [1.807, 2.05) is 30.3 Å².